The molecule has 6 nitrogen and oxygen atoms in total. The first-order valence-electron chi connectivity index (χ1n) is 4.18. The number of hydrogen-bond acceptors (Lipinski definition) is 4. The van der Waals surface area contributed by atoms with E-state index in [0.29, 0.717) is 17.0 Å². The number of imidazole rings is 1. The fourth-order valence-corrected chi connectivity index (χ4v) is 1.33. The molecule has 0 saturated heterocycles. The molecule has 0 aromatic carbocycles. The van der Waals surface area contributed by atoms with E-state index in [1.54, 1.807) is 15.8 Å². The monoisotopic (exact) mass is 193 g/mol. The molecule has 6 heteroatoms. The summed E-state index contributed by atoms with van der Waals surface area (Å²) in [7, 11) is 5.48. The van der Waals surface area contributed by atoms with Crippen molar-refractivity contribution in [1.29, 1.82) is 0 Å². The highest BCUT2D eigenvalue weighted by molar-refractivity contribution is 5.82. The third-order valence-corrected chi connectivity index (χ3v) is 2.01. The molecule has 0 amide bonds. The highest BCUT2D eigenvalue weighted by Crippen LogP contribution is 2.16. The number of rotatable bonds is 1. The molecule has 74 valence electrons. The molecule has 0 saturated carbocycles. The average molecular weight is 193 g/mol. The Morgan fingerprint density at radius 2 is 2.21 bits per heavy atom. The van der Waals surface area contributed by atoms with Gasteiger partial charge in [-0.2, -0.15) is 4.98 Å². The highest BCUT2D eigenvalue weighted by atomic mass is 16.1. The number of aromatic nitrogens is 4. The number of anilines is 1. The summed E-state index contributed by atoms with van der Waals surface area (Å²) in [6.45, 7) is 0. The Morgan fingerprint density at radius 1 is 1.50 bits per heavy atom. The summed E-state index contributed by atoms with van der Waals surface area (Å²) in [5, 5.41) is 0. The molecular weight excluding hydrogens is 182 g/mol. The molecule has 1 N–H and O–H groups in total. The molecule has 0 fully saturated rings. The minimum absolute atomic E-state index is 0.357. The van der Waals surface area contributed by atoms with Gasteiger partial charge in [0.25, 0.3) is 0 Å². The van der Waals surface area contributed by atoms with Crippen LogP contribution >= 0.6 is 0 Å². The van der Waals surface area contributed by atoms with E-state index >= 15 is 0 Å². The molecule has 0 unspecified atom stereocenters. The number of hydrogen-bond donors (Lipinski definition) is 1. The number of fused-ring (bicyclic) bond motifs is 1. The number of nitrogens with one attached hydrogen (secondary N) is 1. The van der Waals surface area contributed by atoms with Gasteiger partial charge in [-0.05, 0) is 0 Å². The molecular formula is C8H11N5O. The van der Waals surface area contributed by atoms with Gasteiger partial charge in [0.05, 0.1) is 6.33 Å². The van der Waals surface area contributed by atoms with Crippen molar-refractivity contribution >= 4 is 17.0 Å². The molecule has 2 heterocycles. The first-order chi connectivity index (χ1) is 6.59. The normalized spacial score (nSPS) is 10.8. The highest BCUT2D eigenvalue weighted by Gasteiger charge is 2.10. The maximum absolute atomic E-state index is 11.2. The van der Waals surface area contributed by atoms with Crippen LogP contribution in [0.5, 0.6) is 0 Å². The third-order valence-electron chi connectivity index (χ3n) is 2.01. The van der Waals surface area contributed by atoms with Gasteiger partial charge in [0.1, 0.15) is 11.2 Å². The van der Waals surface area contributed by atoms with Crippen molar-refractivity contribution in [3.8, 4) is 0 Å². The maximum Gasteiger partial charge on any atom is 0.348 e. The lowest BCUT2D eigenvalue weighted by Gasteiger charge is -2.10. The van der Waals surface area contributed by atoms with E-state index in [1.807, 2.05) is 21.1 Å². The minimum atomic E-state index is -0.357. The van der Waals surface area contributed by atoms with Gasteiger partial charge in [0.15, 0.2) is 5.82 Å². The molecule has 0 aliphatic rings. The lowest BCUT2D eigenvalue weighted by molar-refractivity contribution is 0.918. The minimum Gasteiger partial charge on any atom is -0.361 e. The van der Waals surface area contributed by atoms with Crippen LogP contribution < -0.4 is 10.6 Å². The van der Waals surface area contributed by atoms with Gasteiger partial charge in [0, 0.05) is 21.1 Å². The van der Waals surface area contributed by atoms with Gasteiger partial charge in [-0.15, -0.1) is 0 Å². The summed E-state index contributed by atoms with van der Waals surface area (Å²) in [4.78, 5) is 23.7. The van der Waals surface area contributed by atoms with Gasteiger partial charge in [-0.1, -0.05) is 0 Å². The fraction of sp³-hybridized carbons (Fsp3) is 0.375. The molecule has 0 bridgehead atoms. The predicted octanol–water partition coefficient (Wildman–Crippen LogP) is -0.277. The van der Waals surface area contributed by atoms with E-state index in [1.165, 1.54) is 0 Å². The predicted molar refractivity (Wildman–Crippen MR) is 53.5 cm³/mol. The molecule has 0 atom stereocenters. The van der Waals surface area contributed by atoms with Crippen LogP contribution in [0.3, 0.4) is 0 Å². The van der Waals surface area contributed by atoms with E-state index in [2.05, 4.69) is 15.0 Å². The third kappa shape index (κ3) is 1.15. The van der Waals surface area contributed by atoms with Crippen LogP contribution in [0.15, 0.2) is 11.1 Å². The van der Waals surface area contributed by atoms with E-state index in [4.69, 9.17) is 0 Å². The Balaban J connectivity index is 2.89. The van der Waals surface area contributed by atoms with Crippen molar-refractivity contribution < 1.29 is 0 Å². The lowest BCUT2D eigenvalue weighted by atomic mass is 10.4. The fourth-order valence-electron chi connectivity index (χ4n) is 1.33. The summed E-state index contributed by atoms with van der Waals surface area (Å²) in [5.41, 5.74) is 1.04. The Kier molecular flexibility index (Phi) is 1.77. The molecule has 0 aliphatic heterocycles. The number of aromatic amines is 1. The average Bonchev–Trinajstić information content (AvgIpc) is 2.47. The molecule has 0 radical (unpaired) electrons. The second-order valence-electron chi connectivity index (χ2n) is 3.31. The molecule has 2 aromatic rings. The largest absolute Gasteiger partial charge is 0.361 e. The van der Waals surface area contributed by atoms with Gasteiger partial charge in [-0.3, -0.25) is 4.98 Å². The van der Waals surface area contributed by atoms with Crippen LogP contribution in [0.4, 0.5) is 5.82 Å². The van der Waals surface area contributed by atoms with Crippen LogP contribution in [0.2, 0.25) is 0 Å². The van der Waals surface area contributed by atoms with Crippen molar-refractivity contribution in [2.45, 2.75) is 0 Å². The van der Waals surface area contributed by atoms with Crippen molar-refractivity contribution in [3.63, 3.8) is 0 Å². The standard InChI is InChI=1S/C8H11N5O/c1-12(2)6-5-7(11-8(14)10-6)13(3)4-9-5/h4H,1-3H3,(H,10,11,14). The molecule has 2 aromatic heterocycles. The molecule has 0 aliphatic carbocycles. The van der Waals surface area contributed by atoms with Gasteiger partial charge in [0.2, 0.25) is 0 Å². The maximum atomic E-state index is 11.2. The second-order valence-corrected chi connectivity index (χ2v) is 3.31. The quantitative estimate of drug-likeness (QED) is 0.676. The number of nitrogens with zero attached hydrogens (tertiary/aromatic N) is 4. The SMILES string of the molecule is CN(C)c1nc(=O)[nH]c2c1ncn2C. The van der Waals surface area contributed by atoms with E-state index in [0.717, 1.165) is 0 Å². The summed E-state index contributed by atoms with van der Waals surface area (Å²) >= 11 is 0. The molecule has 2 rings (SSSR count). The molecule has 0 spiro atoms. The number of aryl methyl sites for hydroxylation is 1. The van der Waals surface area contributed by atoms with Crippen LogP contribution in [-0.2, 0) is 7.05 Å². The Morgan fingerprint density at radius 3 is 2.86 bits per heavy atom. The van der Waals surface area contributed by atoms with E-state index < -0.39 is 0 Å². The zero-order valence-electron chi connectivity index (χ0n) is 8.27. The Bertz CT molecular complexity index is 524. The first-order valence-corrected chi connectivity index (χ1v) is 4.18. The van der Waals surface area contributed by atoms with E-state index in [-0.39, 0.29) is 5.69 Å². The summed E-state index contributed by atoms with van der Waals surface area (Å²) in [6.07, 6.45) is 1.65. The van der Waals surface area contributed by atoms with Crippen molar-refractivity contribution in [3.05, 3.63) is 16.8 Å². The van der Waals surface area contributed by atoms with Crippen LogP contribution in [-0.4, -0.2) is 33.6 Å². The second kappa shape index (κ2) is 2.83. The topological polar surface area (TPSA) is 66.8 Å². The Hall–Kier alpha value is -1.85. The molecule has 14 heavy (non-hydrogen) atoms. The van der Waals surface area contributed by atoms with Gasteiger partial charge >= 0.3 is 5.69 Å². The van der Waals surface area contributed by atoms with Gasteiger partial charge in [-0.25, -0.2) is 9.78 Å². The van der Waals surface area contributed by atoms with Crippen LogP contribution in [0, 0.1) is 0 Å². The smallest absolute Gasteiger partial charge is 0.348 e. The van der Waals surface area contributed by atoms with Crippen LogP contribution in [0.1, 0.15) is 0 Å². The number of H-pyrrole nitrogens is 1. The summed E-state index contributed by atoms with van der Waals surface area (Å²) in [5.74, 6) is 0.587. The van der Waals surface area contributed by atoms with Crippen molar-refractivity contribution in [1.82, 2.24) is 19.5 Å². The van der Waals surface area contributed by atoms with Crippen molar-refractivity contribution in [2.75, 3.05) is 19.0 Å². The summed E-state index contributed by atoms with van der Waals surface area (Å²) in [6, 6.07) is 0. The Labute approximate surface area is 80.2 Å². The van der Waals surface area contributed by atoms with Crippen LogP contribution in [0.25, 0.3) is 11.2 Å². The van der Waals surface area contributed by atoms with Crippen molar-refractivity contribution in [2.24, 2.45) is 7.05 Å². The zero-order valence-corrected chi connectivity index (χ0v) is 8.27. The zero-order chi connectivity index (χ0) is 10.3. The first kappa shape index (κ1) is 8.74. The van der Waals surface area contributed by atoms with Gasteiger partial charge < -0.3 is 9.47 Å². The lowest BCUT2D eigenvalue weighted by Crippen LogP contribution is -2.19. The summed E-state index contributed by atoms with van der Waals surface area (Å²) < 4.78 is 1.76. The van der Waals surface area contributed by atoms with E-state index in [9.17, 15) is 4.79 Å².